The molecule has 3 unspecified atom stereocenters. The molecule has 24 heavy (non-hydrogen) atoms. The van der Waals surface area contributed by atoms with Gasteiger partial charge in [-0.25, -0.2) is 4.79 Å². The number of hydrogen-bond acceptors (Lipinski definition) is 4. The molecule has 134 valence electrons. The van der Waals surface area contributed by atoms with Crippen molar-refractivity contribution in [3.8, 4) is 0 Å². The molecule has 0 bridgehead atoms. The molecule has 1 aromatic heterocycles. The van der Waals surface area contributed by atoms with E-state index in [9.17, 15) is 4.79 Å². The molecule has 7 nitrogen and oxygen atoms in total. The van der Waals surface area contributed by atoms with Crippen LogP contribution in [-0.2, 0) is 11.3 Å². The van der Waals surface area contributed by atoms with E-state index in [1.165, 1.54) is 0 Å². The normalized spacial score (nSPS) is 27.7. The summed E-state index contributed by atoms with van der Waals surface area (Å²) in [4.78, 5) is 16.7. The van der Waals surface area contributed by atoms with E-state index in [-0.39, 0.29) is 18.2 Å². The zero-order chi connectivity index (χ0) is 17.1. The Morgan fingerprint density at radius 3 is 2.96 bits per heavy atom. The molecule has 2 heterocycles. The summed E-state index contributed by atoms with van der Waals surface area (Å²) in [7, 11) is 4.22. The Balaban J connectivity index is 1.53. The zero-order valence-electron chi connectivity index (χ0n) is 14.9. The van der Waals surface area contributed by atoms with Gasteiger partial charge in [-0.05, 0) is 40.3 Å². The molecule has 7 heteroatoms. The minimum absolute atomic E-state index is 0.0376. The maximum atomic E-state index is 12.6. The molecule has 0 radical (unpaired) electrons. The number of ether oxygens (including phenoxy) is 1. The van der Waals surface area contributed by atoms with Crippen molar-refractivity contribution < 1.29 is 9.53 Å². The van der Waals surface area contributed by atoms with Gasteiger partial charge in [0.1, 0.15) is 6.10 Å². The molecular formula is C17H29N5O2. The van der Waals surface area contributed by atoms with E-state index >= 15 is 0 Å². The van der Waals surface area contributed by atoms with Crippen LogP contribution < -0.4 is 5.32 Å². The predicted molar refractivity (Wildman–Crippen MR) is 91.8 cm³/mol. The van der Waals surface area contributed by atoms with Crippen LogP contribution in [0.3, 0.4) is 0 Å². The number of aromatic nitrogens is 2. The van der Waals surface area contributed by atoms with E-state index in [0.29, 0.717) is 25.7 Å². The van der Waals surface area contributed by atoms with E-state index in [0.717, 1.165) is 31.4 Å². The SMILES string of the molecule is CCn1cc(C2CN(C(=O)NC3CCC(N(C)C)C3)CCO2)cn1. The molecule has 3 atom stereocenters. The lowest BCUT2D eigenvalue weighted by Gasteiger charge is -2.33. The number of amides is 2. The fourth-order valence-electron chi connectivity index (χ4n) is 3.58. The molecule has 1 saturated carbocycles. The van der Waals surface area contributed by atoms with Gasteiger partial charge in [-0.15, -0.1) is 0 Å². The maximum absolute atomic E-state index is 12.6. The van der Waals surface area contributed by atoms with E-state index < -0.39 is 0 Å². The van der Waals surface area contributed by atoms with Crippen molar-refractivity contribution in [1.82, 2.24) is 24.9 Å². The summed E-state index contributed by atoms with van der Waals surface area (Å²) >= 11 is 0. The third-order valence-electron chi connectivity index (χ3n) is 5.17. The Bertz CT molecular complexity index is 559. The topological polar surface area (TPSA) is 62.6 Å². The van der Waals surface area contributed by atoms with Gasteiger partial charge in [0.05, 0.1) is 19.3 Å². The molecule has 1 saturated heterocycles. The van der Waals surface area contributed by atoms with Gasteiger partial charge < -0.3 is 19.9 Å². The Morgan fingerprint density at radius 2 is 2.29 bits per heavy atom. The lowest BCUT2D eigenvalue weighted by Crippen LogP contribution is -2.49. The van der Waals surface area contributed by atoms with Crippen LogP contribution in [0.4, 0.5) is 4.79 Å². The van der Waals surface area contributed by atoms with Crippen molar-refractivity contribution in [3.05, 3.63) is 18.0 Å². The summed E-state index contributed by atoms with van der Waals surface area (Å²) in [6.07, 6.45) is 7.02. The third kappa shape index (κ3) is 3.89. The van der Waals surface area contributed by atoms with Crippen molar-refractivity contribution in [1.29, 1.82) is 0 Å². The number of carbonyl (C=O) groups is 1. The molecular weight excluding hydrogens is 306 g/mol. The molecule has 0 spiro atoms. The number of nitrogens with zero attached hydrogens (tertiary/aromatic N) is 4. The van der Waals surface area contributed by atoms with Crippen LogP contribution in [0.25, 0.3) is 0 Å². The molecule has 0 aromatic carbocycles. The van der Waals surface area contributed by atoms with E-state index in [4.69, 9.17) is 4.74 Å². The van der Waals surface area contributed by atoms with Gasteiger partial charge in [0.2, 0.25) is 0 Å². The fourth-order valence-corrected chi connectivity index (χ4v) is 3.58. The Hall–Kier alpha value is -1.60. The average Bonchev–Trinajstić information content (AvgIpc) is 3.24. The van der Waals surface area contributed by atoms with Crippen molar-refractivity contribution in [2.75, 3.05) is 33.8 Å². The first kappa shape index (κ1) is 17.2. The molecule has 3 rings (SSSR count). The summed E-state index contributed by atoms with van der Waals surface area (Å²) in [6.45, 7) is 4.70. The molecule has 2 amide bonds. The quantitative estimate of drug-likeness (QED) is 0.905. The van der Waals surface area contributed by atoms with Gasteiger partial charge in [0.15, 0.2) is 0 Å². The summed E-state index contributed by atoms with van der Waals surface area (Å²) < 4.78 is 7.73. The van der Waals surface area contributed by atoms with Crippen LogP contribution in [0.2, 0.25) is 0 Å². The summed E-state index contributed by atoms with van der Waals surface area (Å²) in [5.74, 6) is 0. The predicted octanol–water partition coefficient (Wildman–Crippen LogP) is 1.47. The van der Waals surface area contributed by atoms with Gasteiger partial charge >= 0.3 is 6.03 Å². The molecule has 1 N–H and O–H groups in total. The van der Waals surface area contributed by atoms with Crippen LogP contribution >= 0.6 is 0 Å². The highest BCUT2D eigenvalue weighted by Gasteiger charge is 2.31. The molecule has 1 aromatic rings. The van der Waals surface area contributed by atoms with Gasteiger partial charge in [-0.2, -0.15) is 5.10 Å². The number of urea groups is 1. The Kier molecular flexibility index (Phi) is 5.40. The Morgan fingerprint density at radius 1 is 1.46 bits per heavy atom. The highest BCUT2D eigenvalue weighted by Crippen LogP contribution is 2.24. The monoisotopic (exact) mass is 335 g/mol. The van der Waals surface area contributed by atoms with Crippen molar-refractivity contribution in [2.45, 2.75) is 50.9 Å². The molecule has 1 aliphatic heterocycles. The van der Waals surface area contributed by atoms with Crippen LogP contribution in [0, 0.1) is 0 Å². The van der Waals surface area contributed by atoms with Gasteiger partial charge in [0, 0.05) is 36.9 Å². The minimum Gasteiger partial charge on any atom is -0.370 e. The zero-order valence-corrected chi connectivity index (χ0v) is 14.9. The molecule has 2 fully saturated rings. The maximum Gasteiger partial charge on any atom is 0.317 e. The van der Waals surface area contributed by atoms with Crippen molar-refractivity contribution >= 4 is 6.03 Å². The van der Waals surface area contributed by atoms with Crippen LogP contribution in [0.5, 0.6) is 0 Å². The summed E-state index contributed by atoms with van der Waals surface area (Å²) in [5.41, 5.74) is 1.04. The lowest BCUT2D eigenvalue weighted by atomic mass is 10.1. The van der Waals surface area contributed by atoms with Crippen molar-refractivity contribution in [3.63, 3.8) is 0 Å². The standard InChI is InChI=1S/C17H29N5O2/c1-4-22-11-13(10-18-22)16-12-21(7-8-24-16)17(23)19-14-5-6-15(9-14)20(2)3/h10-11,14-16H,4-9,12H2,1-3H3,(H,19,23). The average molecular weight is 335 g/mol. The Labute approximate surface area is 143 Å². The summed E-state index contributed by atoms with van der Waals surface area (Å²) in [6, 6.07) is 0.900. The second-order valence-electron chi connectivity index (χ2n) is 7.01. The van der Waals surface area contributed by atoms with E-state index in [2.05, 4.69) is 36.3 Å². The van der Waals surface area contributed by atoms with Crippen molar-refractivity contribution in [2.24, 2.45) is 0 Å². The van der Waals surface area contributed by atoms with Gasteiger partial charge in [-0.3, -0.25) is 4.68 Å². The molecule has 2 aliphatic rings. The van der Waals surface area contributed by atoms with E-state index in [1.54, 1.807) is 0 Å². The first-order chi connectivity index (χ1) is 11.6. The fraction of sp³-hybridized carbons (Fsp3) is 0.765. The molecule has 1 aliphatic carbocycles. The number of carbonyl (C=O) groups excluding carboxylic acids is 1. The number of morpholine rings is 1. The summed E-state index contributed by atoms with van der Waals surface area (Å²) in [5, 5.41) is 7.51. The highest BCUT2D eigenvalue weighted by atomic mass is 16.5. The first-order valence-corrected chi connectivity index (χ1v) is 8.92. The second kappa shape index (κ2) is 7.53. The van der Waals surface area contributed by atoms with Crippen LogP contribution in [0.15, 0.2) is 12.4 Å². The van der Waals surface area contributed by atoms with Crippen LogP contribution in [0.1, 0.15) is 37.9 Å². The van der Waals surface area contributed by atoms with Crippen LogP contribution in [-0.4, -0.2) is 71.5 Å². The number of aryl methyl sites for hydroxylation is 1. The van der Waals surface area contributed by atoms with Gasteiger partial charge in [0.25, 0.3) is 0 Å². The van der Waals surface area contributed by atoms with E-state index in [1.807, 2.05) is 22.0 Å². The smallest absolute Gasteiger partial charge is 0.317 e. The lowest BCUT2D eigenvalue weighted by molar-refractivity contribution is -0.0158. The number of hydrogen-bond donors (Lipinski definition) is 1. The first-order valence-electron chi connectivity index (χ1n) is 8.92. The minimum atomic E-state index is -0.0806. The highest BCUT2D eigenvalue weighted by molar-refractivity contribution is 5.74. The van der Waals surface area contributed by atoms with Gasteiger partial charge in [-0.1, -0.05) is 0 Å². The second-order valence-corrected chi connectivity index (χ2v) is 7.01. The largest absolute Gasteiger partial charge is 0.370 e. The number of rotatable bonds is 4. The number of nitrogens with one attached hydrogen (secondary N) is 1. The third-order valence-corrected chi connectivity index (χ3v) is 5.17.